The molecule has 0 saturated carbocycles. The van der Waals surface area contributed by atoms with Crippen LogP contribution in [0.4, 0.5) is 14.5 Å². The summed E-state index contributed by atoms with van der Waals surface area (Å²) in [5, 5.41) is 5.44. The Morgan fingerprint density at radius 1 is 1.08 bits per heavy atom. The number of ether oxygens (including phenoxy) is 1. The number of halogens is 2. The molecule has 2 aromatic rings. The van der Waals surface area contributed by atoms with E-state index >= 15 is 0 Å². The highest BCUT2D eigenvalue weighted by Gasteiger charge is 2.19. The summed E-state index contributed by atoms with van der Waals surface area (Å²) >= 11 is 0. The summed E-state index contributed by atoms with van der Waals surface area (Å²) in [4.78, 5) is 23.5. The van der Waals surface area contributed by atoms with Gasteiger partial charge in [-0.15, -0.1) is 0 Å². The lowest BCUT2D eigenvalue weighted by Gasteiger charge is -2.20. The fourth-order valence-corrected chi connectivity index (χ4v) is 2.52. The first-order valence-corrected chi connectivity index (χ1v) is 8.13. The molecule has 1 atom stereocenters. The maximum Gasteiger partial charge on any atom is 0.387 e. The van der Waals surface area contributed by atoms with E-state index in [-0.39, 0.29) is 17.6 Å². The molecule has 0 bridgehead atoms. The fourth-order valence-electron chi connectivity index (χ4n) is 2.52. The summed E-state index contributed by atoms with van der Waals surface area (Å²) in [6.45, 7) is 0.292. The molecule has 0 fully saturated rings. The molecule has 2 amide bonds. The number of carbonyl (C=O) groups is 2. The van der Waals surface area contributed by atoms with Gasteiger partial charge in [0.25, 0.3) is 5.91 Å². The Morgan fingerprint density at radius 2 is 1.73 bits per heavy atom. The molecule has 5 nitrogen and oxygen atoms in total. The van der Waals surface area contributed by atoms with Crippen LogP contribution in [0, 0.1) is 0 Å². The largest absolute Gasteiger partial charge is 0.434 e. The number of carbonyl (C=O) groups excluding carboxylic acids is 2. The van der Waals surface area contributed by atoms with Gasteiger partial charge in [0.05, 0.1) is 6.04 Å². The molecule has 2 N–H and O–H groups in total. The van der Waals surface area contributed by atoms with Gasteiger partial charge in [0.2, 0.25) is 5.91 Å². The number of rotatable bonds is 7. The van der Waals surface area contributed by atoms with Crippen LogP contribution in [0.5, 0.6) is 5.75 Å². The topological polar surface area (TPSA) is 67.4 Å². The quantitative estimate of drug-likeness (QED) is 0.778. The lowest BCUT2D eigenvalue weighted by molar-refractivity contribution is -0.114. The third-order valence-corrected chi connectivity index (χ3v) is 3.69. The van der Waals surface area contributed by atoms with Crippen LogP contribution in [0.1, 0.15) is 42.2 Å². The van der Waals surface area contributed by atoms with Gasteiger partial charge < -0.3 is 15.4 Å². The number of amides is 2. The van der Waals surface area contributed by atoms with Gasteiger partial charge in [-0.25, -0.2) is 0 Å². The SMILES string of the molecule is CCC(NC(=O)c1ccc(NC(C)=O)cc1)c1ccccc1OC(F)F. The molecule has 138 valence electrons. The number of hydrogen-bond donors (Lipinski definition) is 2. The molecule has 0 radical (unpaired) electrons. The summed E-state index contributed by atoms with van der Waals surface area (Å²) in [5.41, 5.74) is 1.46. The number of nitrogens with one attached hydrogen (secondary N) is 2. The van der Waals surface area contributed by atoms with Gasteiger partial charge in [-0.3, -0.25) is 9.59 Å². The van der Waals surface area contributed by atoms with Crippen molar-refractivity contribution in [2.24, 2.45) is 0 Å². The zero-order valence-electron chi connectivity index (χ0n) is 14.5. The highest BCUT2D eigenvalue weighted by atomic mass is 19.3. The second-order valence-electron chi connectivity index (χ2n) is 5.61. The second-order valence-corrected chi connectivity index (χ2v) is 5.61. The first kappa shape index (κ1) is 19.4. The van der Waals surface area contributed by atoms with E-state index in [9.17, 15) is 18.4 Å². The zero-order valence-corrected chi connectivity index (χ0v) is 14.5. The van der Waals surface area contributed by atoms with Crippen molar-refractivity contribution in [3.8, 4) is 5.75 Å². The minimum absolute atomic E-state index is 0.0376. The van der Waals surface area contributed by atoms with Crippen LogP contribution >= 0.6 is 0 Å². The van der Waals surface area contributed by atoms with Crippen LogP contribution in [-0.4, -0.2) is 18.4 Å². The molecule has 1 unspecified atom stereocenters. The fraction of sp³-hybridized carbons (Fsp3) is 0.263. The summed E-state index contributed by atoms with van der Waals surface area (Å²) in [7, 11) is 0. The van der Waals surface area contributed by atoms with Crippen molar-refractivity contribution >= 4 is 17.5 Å². The van der Waals surface area contributed by atoms with Crippen LogP contribution in [-0.2, 0) is 4.79 Å². The van der Waals surface area contributed by atoms with Crippen molar-refractivity contribution in [1.82, 2.24) is 5.32 Å². The number of para-hydroxylation sites is 1. The van der Waals surface area contributed by atoms with Gasteiger partial charge in [-0.05, 0) is 36.8 Å². The Hall–Kier alpha value is -2.96. The minimum atomic E-state index is -2.94. The van der Waals surface area contributed by atoms with Crippen molar-refractivity contribution in [2.75, 3.05) is 5.32 Å². The van der Waals surface area contributed by atoms with Gasteiger partial charge in [0, 0.05) is 23.7 Å². The molecule has 0 saturated heterocycles. The molecular weight excluding hydrogens is 342 g/mol. The molecule has 0 aromatic heterocycles. The van der Waals surface area contributed by atoms with Crippen LogP contribution in [0.15, 0.2) is 48.5 Å². The maximum atomic E-state index is 12.6. The van der Waals surface area contributed by atoms with Gasteiger partial charge in [-0.2, -0.15) is 8.78 Å². The Bertz CT molecular complexity index is 764. The molecule has 2 rings (SSSR count). The third kappa shape index (κ3) is 5.27. The molecule has 0 heterocycles. The van der Waals surface area contributed by atoms with Crippen molar-refractivity contribution in [1.29, 1.82) is 0 Å². The average Bonchev–Trinajstić information content (AvgIpc) is 2.60. The van der Waals surface area contributed by atoms with E-state index < -0.39 is 12.7 Å². The standard InChI is InChI=1S/C19H20F2N2O3/c1-3-16(15-6-4-5-7-17(15)26-19(20)21)23-18(25)13-8-10-14(11-9-13)22-12(2)24/h4-11,16,19H,3H2,1-2H3,(H,22,24)(H,23,25). The summed E-state index contributed by atoms with van der Waals surface area (Å²) in [6.07, 6.45) is 0.499. The van der Waals surface area contributed by atoms with Gasteiger partial charge in [0.1, 0.15) is 5.75 Å². The molecular formula is C19H20F2N2O3. The van der Waals surface area contributed by atoms with E-state index in [0.717, 1.165) is 0 Å². The first-order chi connectivity index (χ1) is 12.4. The predicted molar refractivity (Wildman–Crippen MR) is 94.3 cm³/mol. The maximum absolute atomic E-state index is 12.6. The monoisotopic (exact) mass is 362 g/mol. The van der Waals surface area contributed by atoms with Crippen molar-refractivity contribution in [3.63, 3.8) is 0 Å². The number of hydrogen-bond acceptors (Lipinski definition) is 3. The normalized spacial score (nSPS) is 11.7. The van der Waals surface area contributed by atoms with Gasteiger partial charge >= 0.3 is 6.61 Å². The highest BCUT2D eigenvalue weighted by Crippen LogP contribution is 2.28. The molecule has 0 spiro atoms. The first-order valence-electron chi connectivity index (χ1n) is 8.13. The van der Waals surface area contributed by atoms with Crippen LogP contribution in [0.25, 0.3) is 0 Å². The summed E-state index contributed by atoms with van der Waals surface area (Å²) in [5.74, 6) is -0.516. The molecule has 2 aromatic carbocycles. The van der Waals surface area contributed by atoms with Crippen molar-refractivity contribution in [3.05, 3.63) is 59.7 Å². The Kier molecular flexibility index (Phi) is 6.66. The highest BCUT2D eigenvalue weighted by molar-refractivity contribution is 5.95. The van der Waals surface area contributed by atoms with Crippen molar-refractivity contribution in [2.45, 2.75) is 32.9 Å². The molecule has 26 heavy (non-hydrogen) atoms. The average molecular weight is 362 g/mol. The Balaban J connectivity index is 2.15. The minimum Gasteiger partial charge on any atom is -0.434 e. The number of benzene rings is 2. The van der Waals surface area contributed by atoms with E-state index in [1.165, 1.54) is 13.0 Å². The number of anilines is 1. The van der Waals surface area contributed by atoms with Crippen LogP contribution in [0.2, 0.25) is 0 Å². The smallest absolute Gasteiger partial charge is 0.387 e. The third-order valence-electron chi connectivity index (χ3n) is 3.69. The van der Waals surface area contributed by atoms with Gasteiger partial charge in [-0.1, -0.05) is 25.1 Å². The lowest BCUT2D eigenvalue weighted by Crippen LogP contribution is -2.28. The lowest BCUT2D eigenvalue weighted by atomic mass is 10.0. The van der Waals surface area contributed by atoms with Crippen molar-refractivity contribution < 1.29 is 23.1 Å². The molecule has 0 aliphatic rings. The van der Waals surface area contributed by atoms with E-state index in [1.807, 2.05) is 6.92 Å². The Morgan fingerprint density at radius 3 is 2.31 bits per heavy atom. The predicted octanol–water partition coefficient (Wildman–Crippen LogP) is 4.13. The van der Waals surface area contributed by atoms with E-state index in [4.69, 9.17) is 0 Å². The Labute approximate surface area is 150 Å². The molecule has 0 aliphatic heterocycles. The van der Waals surface area contributed by atoms with E-state index in [2.05, 4.69) is 15.4 Å². The molecule has 7 heteroatoms. The van der Waals surface area contributed by atoms with E-state index in [0.29, 0.717) is 23.2 Å². The summed E-state index contributed by atoms with van der Waals surface area (Å²) < 4.78 is 29.7. The molecule has 0 aliphatic carbocycles. The van der Waals surface area contributed by atoms with Crippen LogP contribution < -0.4 is 15.4 Å². The van der Waals surface area contributed by atoms with Gasteiger partial charge in [0.15, 0.2) is 0 Å². The zero-order chi connectivity index (χ0) is 19.1. The van der Waals surface area contributed by atoms with E-state index in [1.54, 1.807) is 42.5 Å². The summed E-state index contributed by atoms with van der Waals surface area (Å²) in [6, 6.07) is 12.3. The van der Waals surface area contributed by atoms with Crippen LogP contribution in [0.3, 0.4) is 0 Å². The second kappa shape index (κ2) is 8.94. The number of alkyl halides is 2.